The molecule has 0 radical (unpaired) electrons. The fraction of sp³-hybridized carbons (Fsp3) is 0.333. The summed E-state index contributed by atoms with van der Waals surface area (Å²) in [4.78, 5) is 40.7. The number of ether oxygens (including phenoxy) is 2. The van der Waals surface area contributed by atoms with E-state index in [1.54, 1.807) is 30.6 Å². The number of phosphoric acid groups is 1. The number of carbonyl (C=O) groups is 1. The average Bonchev–Trinajstić information content (AvgIpc) is 3.39. The van der Waals surface area contributed by atoms with Gasteiger partial charge in [-0.2, -0.15) is 5.10 Å². The quantitative estimate of drug-likeness (QED) is 0.107. The number of amides is 1. The third-order valence-electron chi connectivity index (χ3n) is 6.22. The summed E-state index contributed by atoms with van der Waals surface area (Å²) in [7, 11) is -2.95. The molecular weight excluding hydrogens is 584 g/mol. The Morgan fingerprint density at radius 3 is 2.70 bits per heavy atom. The van der Waals surface area contributed by atoms with E-state index < -0.39 is 13.6 Å². The fourth-order valence-corrected chi connectivity index (χ4v) is 4.51. The van der Waals surface area contributed by atoms with Crippen LogP contribution in [0.5, 0.6) is 11.5 Å². The zero-order valence-corrected chi connectivity index (χ0v) is 24.5. The second-order valence-corrected chi connectivity index (χ2v) is 10.6. The minimum absolute atomic E-state index is 0.0692. The number of halogens is 1. The molecule has 0 atom stereocenters. The number of rotatable bonds is 16. The van der Waals surface area contributed by atoms with Gasteiger partial charge in [-0.1, -0.05) is 13.0 Å². The summed E-state index contributed by atoms with van der Waals surface area (Å²) >= 11 is 0. The molecule has 1 amide bonds. The lowest BCUT2D eigenvalue weighted by molar-refractivity contribution is -0.116. The van der Waals surface area contributed by atoms with Crippen molar-refractivity contribution in [3.05, 3.63) is 60.9 Å². The van der Waals surface area contributed by atoms with E-state index in [-0.39, 0.29) is 19.1 Å². The first-order valence-electron chi connectivity index (χ1n) is 13.4. The van der Waals surface area contributed by atoms with Gasteiger partial charge in [0, 0.05) is 36.4 Å². The lowest BCUT2D eigenvalue weighted by Gasteiger charge is -2.20. The molecule has 230 valence electrons. The van der Waals surface area contributed by atoms with E-state index in [0.717, 1.165) is 0 Å². The highest BCUT2D eigenvalue weighted by molar-refractivity contribution is 7.46. The van der Waals surface area contributed by atoms with Gasteiger partial charge in [-0.15, -0.1) is 0 Å². The van der Waals surface area contributed by atoms with E-state index in [1.807, 2.05) is 11.8 Å². The van der Waals surface area contributed by atoms with Crippen molar-refractivity contribution in [3.8, 4) is 11.5 Å². The van der Waals surface area contributed by atoms with Gasteiger partial charge in [0.2, 0.25) is 5.91 Å². The van der Waals surface area contributed by atoms with Gasteiger partial charge in [0.15, 0.2) is 11.5 Å². The van der Waals surface area contributed by atoms with Crippen LogP contribution in [-0.2, 0) is 20.4 Å². The maximum absolute atomic E-state index is 13.4. The molecule has 2 heterocycles. The van der Waals surface area contributed by atoms with Gasteiger partial charge in [-0.25, -0.2) is 18.9 Å². The summed E-state index contributed by atoms with van der Waals surface area (Å²) < 4.78 is 41.7. The number of hydrogen-bond acceptors (Lipinski definition) is 10. The number of anilines is 3. The van der Waals surface area contributed by atoms with Crippen molar-refractivity contribution < 1.29 is 37.5 Å². The highest BCUT2D eigenvalue weighted by atomic mass is 31.2. The molecular formula is C27H33FN7O7P. The topological polar surface area (TPSA) is 173 Å². The fourth-order valence-electron chi connectivity index (χ4n) is 4.19. The molecule has 0 bridgehead atoms. The molecule has 4 N–H and O–H groups in total. The molecule has 0 fully saturated rings. The highest BCUT2D eigenvalue weighted by Crippen LogP contribution is 2.36. The Morgan fingerprint density at radius 2 is 1.95 bits per heavy atom. The number of nitrogens with zero attached hydrogens (tertiary/aromatic N) is 5. The first kappa shape index (κ1) is 31.8. The number of methoxy groups -OCH3 is 1. The van der Waals surface area contributed by atoms with E-state index in [4.69, 9.17) is 19.3 Å². The maximum Gasteiger partial charge on any atom is 0.469 e. The Morgan fingerprint density at radius 1 is 1.12 bits per heavy atom. The summed E-state index contributed by atoms with van der Waals surface area (Å²) in [5, 5.41) is 10.7. The Hall–Kier alpha value is -4.14. The number of fused-ring (bicyclic) bond motifs is 1. The van der Waals surface area contributed by atoms with E-state index in [9.17, 15) is 13.8 Å². The number of aromatic nitrogens is 4. The molecule has 0 aliphatic heterocycles. The van der Waals surface area contributed by atoms with Gasteiger partial charge in [0.1, 0.15) is 24.5 Å². The molecule has 14 nitrogen and oxygen atoms in total. The van der Waals surface area contributed by atoms with Gasteiger partial charge in [-0.05, 0) is 37.2 Å². The molecule has 16 heteroatoms. The molecule has 0 saturated heterocycles. The Bertz CT molecular complexity index is 1580. The Balaban J connectivity index is 1.35. The summed E-state index contributed by atoms with van der Waals surface area (Å²) in [5.74, 6) is 0.680. The average molecular weight is 618 g/mol. The van der Waals surface area contributed by atoms with Crippen LogP contribution in [-0.4, -0.2) is 80.3 Å². The van der Waals surface area contributed by atoms with Gasteiger partial charge in [0.25, 0.3) is 0 Å². The largest absolute Gasteiger partial charge is 0.493 e. The molecule has 0 saturated carbocycles. The minimum Gasteiger partial charge on any atom is -0.493 e. The van der Waals surface area contributed by atoms with E-state index in [2.05, 4.69) is 30.2 Å². The lowest BCUT2D eigenvalue weighted by Crippen LogP contribution is -2.29. The van der Waals surface area contributed by atoms with Gasteiger partial charge in [-0.3, -0.25) is 14.0 Å². The predicted molar refractivity (Wildman–Crippen MR) is 157 cm³/mol. The van der Waals surface area contributed by atoms with Crippen LogP contribution in [0.2, 0.25) is 0 Å². The molecule has 4 rings (SSSR count). The summed E-state index contributed by atoms with van der Waals surface area (Å²) in [6, 6.07) is 9.16. The van der Waals surface area contributed by atoms with E-state index >= 15 is 0 Å². The van der Waals surface area contributed by atoms with Crippen molar-refractivity contribution in [2.75, 3.05) is 50.6 Å². The number of likely N-dealkylation sites (N-methyl/N-ethyl adjacent to an activating group) is 1. The summed E-state index contributed by atoms with van der Waals surface area (Å²) in [6.45, 7) is 3.90. The first-order chi connectivity index (χ1) is 20.6. The van der Waals surface area contributed by atoms with Gasteiger partial charge >= 0.3 is 7.82 Å². The molecule has 0 aliphatic rings. The van der Waals surface area contributed by atoms with Crippen molar-refractivity contribution in [2.24, 2.45) is 0 Å². The van der Waals surface area contributed by atoms with Crippen LogP contribution in [0.1, 0.15) is 13.3 Å². The second-order valence-electron chi connectivity index (χ2n) is 9.31. The Labute approximate surface area is 247 Å². The third-order valence-corrected chi connectivity index (χ3v) is 6.74. The number of benzene rings is 2. The maximum atomic E-state index is 13.4. The van der Waals surface area contributed by atoms with Crippen LogP contribution in [0.4, 0.5) is 21.6 Å². The molecule has 0 spiro atoms. The summed E-state index contributed by atoms with van der Waals surface area (Å²) in [5.41, 5.74) is 1.55. The van der Waals surface area contributed by atoms with E-state index in [0.29, 0.717) is 72.3 Å². The monoisotopic (exact) mass is 617 g/mol. The van der Waals surface area contributed by atoms with Gasteiger partial charge < -0.3 is 34.8 Å². The number of carbonyl (C=O) groups excluding carboxylic acids is 1. The van der Waals surface area contributed by atoms with Crippen molar-refractivity contribution in [3.63, 3.8) is 0 Å². The Kier molecular flexibility index (Phi) is 11.0. The van der Waals surface area contributed by atoms with Crippen LogP contribution >= 0.6 is 7.82 Å². The van der Waals surface area contributed by atoms with Crippen LogP contribution in [0.3, 0.4) is 0 Å². The van der Waals surface area contributed by atoms with Crippen LogP contribution in [0, 0.1) is 5.82 Å². The molecule has 2 aromatic carbocycles. The highest BCUT2D eigenvalue weighted by Gasteiger charge is 2.15. The van der Waals surface area contributed by atoms with Crippen molar-refractivity contribution >= 4 is 41.8 Å². The molecule has 43 heavy (non-hydrogen) atoms. The van der Waals surface area contributed by atoms with Crippen molar-refractivity contribution in [2.45, 2.75) is 19.9 Å². The zero-order valence-electron chi connectivity index (χ0n) is 23.6. The second kappa shape index (κ2) is 14.8. The van der Waals surface area contributed by atoms with Crippen LogP contribution in [0.15, 0.2) is 55.1 Å². The zero-order chi connectivity index (χ0) is 30.8. The molecule has 0 unspecified atom stereocenters. The molecule has 4 aromatic rings. The number of hydrogen-bond donors (Lipinski definition) is 4. The standard InChI is InChI=1S/C27H33FN7O7P/c1-3-34(9-11-42-43(37,38)39)8-5-10-41-25-14-23-22(13-24(25)40-2)27(30-18-29-23)33-21-15-31-35(16-21)17-26(36)32-20-7-4-6-19(28)12-20/h4,6-7,12-16,18H,3,5,8-11,17H2,1-2H3,(H,32,36)(H,29,30,33)(H2,37,38,39). The lowest BCUT2D eigenvalue weighted by atomic mass is 10.2. The van der Waals surface area contributed by atoms with Crippen LogP contribution in [0.25, 0.3) is 10.9 Å². The summed E-state index contributed by atoms with van der Waals surface area (Å²) in [6.07, 6.45) is 5.27. The number of nitrogens with one attached hydrogen (secondary N) is 2. The normalized spacial score (nSPS) is 11.6. The molecule has 2 aromatic heterocycles. The predicted octanol–water partition coefficient (Wildman–Crippen LogP) is 3.56. The van der Waals surface area contributed by atoms with Crippen molar-refractivity contribution in [1.29, 1.82) is 0 Å². The van der Waals surface area contributed by atoms with Crippen LogP contribution < -0.4 is 20.1 Å². The van der Waals surface area contributed by atoms with E-state index in [1.165, 1.54) is 36.3 Å². The third kappa shape index (κ3) is 9.70. The minimum atomic E-state index is -4.48. The SMILES string of the molecule is CCN(CCCOc1cc2ncnc(Nc3cnn(CC(=O)Nc4cccc(F)c4)c3)c2cc1OC)CCOP(=O)(O)O. The molecule has 0 aliphatic carbocycles. The van der Waals surface area contributed by atoms with Gasteiger partial charge in [0.05, 0.1) is 37.7 Å². The first-order valence-corrected chi connectivity index (χ1v) is 14.9. The smallest absolute Gasteiger partial charge is 0.469 e. The number of phosphoric ester groups is 1. The van der Waals surface area contributed by atoms with Crippen molar-refractivity contribution in [1.82, 2.24) is 24.6 Å².